The fourth-order valence-electron chi connectivity index (χ4n) is 3.24. The van der Waals surface area contributed by atoms with Crippen LogP contribution in [0.2, 0.25) is 0 Å². The van der Waals surface area contributed by atoms with Gasteiger partial charge >= 0.3 is 6.01 Å². The Labute approximate surface area is 174 Å². The molecule has 1 aliphatic heterocycles. The molecule has 0 atom stereocenters. The van der Waals surface area contributed by atoms with Crippen LogP contribution in [0, 0.1) is 6.92 Å². The number of benzene rings is 1. The monoisotopic (exact) mass is 430 g/mol. The van der Waals surface area contributed by atoms with Gasteiger partial charge in [0.15, 0.2) is 0 Å². The first-order valence-corrected chi connectivity index (χ1v) is 11.0. The number of hydrogen-bond acceptors (Lipinski definition) is 7. The molecule has 0 unspecified atom stereocenters. The van der Waals surface area contributed by atoms with Gasteiger partial charge in [0, 0.05) is 31.4 Å². The lowest BCUT2D eigenvalue weighted by atomic mass is 10.2. The zero-order valence-electron chi connectivity index (χ0n) is 16.7. The van der Waals surface area contributed by atoms with Gasteiger partial charge in [-0.2, -0.15) is 9.40 Å². The van der Waals surface area contributed by atoms with Crippen LogP contribution in [-0.4, -0.2) is 51.7 Å². The van der Waals surface area contributed by atoms with Crippen LogP contribution in [0.15, 0.2) is 39.6 Å². The molecule has 1 fully saturated rings. The van der Waals surface area contributed by atoms with E-state index in [2.05, 4.69) is 20.6 Å². The van der Waals surface area contributed by atoms with Gasteiger partial charge in [-0.25, -0.2) is 8.42 Å². The zero-order valence-corrected chi connectivity index (χ0v) is 17.5. The van der Waals surface area contributed by atoms with Crippen LogP contribution in [-0.2, 0) is 17.1 Å². The number of aromatic nitrogens is 4. The smallest absolute Gasteiger partial charge is 0.322 e. The maximum Gasteiger partial charge on any atom is 0.322 e. The van der Waals surface area contributed by atoms with Crippen molar-refractivity contribution in [1.82, 2.24) is 24.3 Å². The molecule has 158 valence electrons. The quantitative estimate of drug-likeness (QED) is 0.658. The Balaban J connectivity index is 1.45. The number of aryl methyl sites for hydroxylation is 2. The highest BCUT2D eigenvalue weighted by molar-refractivity contribution is 7.89. The molecule has 0 aliphatic carbocycles. The number of sulfonamides is 1. The standard InChI is InChI=1S/C19H22N6O4S/c1-13-12-16(23-24(13)2)18-21-22-19(29-18)20-17(26)14-6-8-15(9-7-14)30(27,28)25-10-4-3-5-11-25/h6-9,12H,3-5,10-11H2,1-2H3,(H,20,22,26). The summed E-state index contributed by atoms with van der Waals surface area (Å²) in [5, 5.41) is 14.5. The lowest BCUT2D eigenvalue weighted by Gasteiger charge is -2.25. The summed E-state index contributed by atoms with van der Waals surface area (Å²) in [6.07, 6.45) is 2.77. The SMILES string of the molecule is Cc1cc(-c2nnc(NC(=O)c3ccc(S(=O)(=O)N4CCCCC4)cc3)o2)nn1C. The lowest BCUT2D eigenvalue weighted by molar-refractivity contribution is 0.102. The number of carbonyl (C=O) groups is 1. The van der Waals surface area contributed by atoms with Gasteiger partial charge in [0.1, 0.15) is 5.69 Å². The molecule has 30 heavy (non-hydrogen) atoms. The fourth-order valence-corrected chi connectivity index (χ4v) is 4.76. The number of carbonyl (C=O) groups excluding carboxylic acids is 1. The van der Waals surface area contributed by atoms with Gasteiger partial charge in [0.25, 0.3) is 11.8 Å². The minimum atomic E-state index is -3.54. The van der Waals surface area contributed by atoms with E-state index in [1.165, 1.54) is 28.6 Å². The van der Waals surface area contributed by atoms with Crippen molar-refractivity contribution in [2.24, 2.45) is 7.05 Å². The Morgan fingerprint density at radius 3 is 2.43 bits per heavy atom. The average Bonchev–Trinajstić information content (AvgIpc) is 3.35. The van der Waals surface area contributed by atoms with Gasteiger partial charge in [-0.05, 0) is 50.1 Å². The lowest BCUT2D eigenvalue weighted by Crippen LogP contribution is -2.35. The Morgan fingerprint density at radius 2 is 1.80 bits per heavy atom. The molecule has 1 aliphatic rings. The third-order valence-corrected chi connectivity index (χ3v) is 6.96. The van der Waals surface area contributed by atoms with E-state index in [1.807, 2.05) is 6.92 Å². The number of amides is 1. The molecule has 4 rings (SSSR count). The number of anilines is 1. The molecular formula is C19H22N6O4S. The van der Waals surface area contributed by atoms with Gasteiger partial charge in [0.05, 0.1) is 4.90 Å². The van der Waals surface area contributed by atoms with Crippen molar-refractivity contribution in [2.45, 2.75) is 31.1 Å². The second-order valence-electron chi connectivity index (χ2n) is 7.15. The summed E-state index contributed by atoms with van der Waals surface area (Å²) in [7, 11) is -1.74. The molecule has 3 heterocycles. The first kappa shape index (κ1) is 20.2. The Bertz CT molecular complexity index is 1140. The van der Waals surface area contributed by atoms with Crippen LogP contribution in [0.3, 0.4) is 0 Å². The zero-order chi connectivity index (χ0) is 21.3. The molecule has 2 aromatic heterocycles. The fraction of sp³-hybridized carbons (Fsp3) is 0.368. The van der Waals surface area contributed by atoms with Crippen molar-refractivity contribution < 1.29 is 17.6 Å². The highest BCUT2D eigenvalue weighted by Gasteiger charge is 2.26. The van der Waals surface area contributed by atoms with E-state index in [-0.39, 0.29) is 22.4 Å². The number of hydrogen-bond donors (Lipinski definition) is 1. The van der Waals surface area contributed by atoms with Gasteiger partial charge in [-0.15, -0.1) is 5.10 Å². The third kappa shape index (κ3) is 3.98. The van der Waals surface area contributed by atoms with E-state index in [0.717, 1.165) is 25.0 Å². The summed E-state index contributed by atoms with van der Waals surface area (Å²) in [6.45, 7) is 2.95. The molecule has 1 saturated heterocycles. The maximum absolute atomic E-state index is 12.7. The largest absolute Gasteiger partial charge is 0.401 e. The number of rotatable bonds is 5. The van der Waals surface area contributed by atoms with Crippen molar-refractivity contribution in [3.8, 4) is 11.6 Å². The second-order valence-corrected chi connectivity index (χ2v) is 9.09. The number of nitrogens with zero attached hydrogens (tertiary/aromatic N) is 5. The van der Waals surface area contributed by atoms with Crippen molar-refractivity contribution >= 4 is 21.9 Å². The summed E-state index contributed by atoms with van der Waals surface area (Å²) in [4.78, 5) is 12.6. The molecule has 1 N–H and O–H groups in total. The van der Waals surface area contributed by atoms with E-state index in [9.17, 15) is 13.2 Å². The molecule has 0 bridgehead atoms. The predicted octanol–water partition coefficient (Wildman–Crippen LogP) is 2.21. The topological polar surface area (TPSA) is 123 Å². The van der Waals surface area contributed by atoms with E-state index >= 15 is 0 Å². The van der Waals surface area contributed by atoms with Crippen LogP contribution in [0.25, 0.3) is 11.6 Å². The van der Waals surface area contributed by atoms with Gasteiger partial charge in [-0.1, -0.05) is 11.5 Å². The van der Waals surface area contributed by atoms with Crippen molar-refractivity contribution in [1.29, 1.82) is 0 Å². The van der Waals surface area contributed by atoms with Crippen molar-refractivity contribution in [3.05, 3.63) is 41.6 Å². The molecule has 11 heteroatoms. The minimum absolute atomic E-state index is 0.0664. The summed E-state index contributed by atoms with van der Waals surface area (Å²) in [5.41, 5.74) is 1.71. The first-order valence-electron chi connectivity index (χ1n) is 9.61. The van der Waals surface area contributed by atoms with Crippen LogP contribution in [0.1, 0.15) is 35.3 Å². The molecule has 1 amide bonds. The number of piperidine rings is 1. The highest BCUT2D eigenvalue weighted by atomic mass is 32.2. The van der Waals surface area contributed by atoms with Gasteiger partial charge < -0.3 is 4.42 Å². The van der Waals surface area contributed by atoms with E-state index in [0.29, 0.717) is 18.8 Å². The van der Waals surface area contributed by atoms with Gasteiger partial charge in [0.2, 0.25) is 10.0 Å². The molecule has 0 radical (unpaired) electrons. The van der Waals surface area contributed by atoms with Crippen molar-refractivity contribution in [3.63, 3.8) is 0 Å². The summed E-state index contributed by atoms with van der Waals surface area (Å²) >= 11 is 0. The first-order chi connectivity index (χ1) is 14.3. The predicted molar refractivity (Wildman–Crippen MR) is 108 cm³/mol. The summed E-state index contributed by atoms with van der Waals surface area (Å²) < 4.78 is 34.0. The molecule has 10 nitrogen and oxygen atoms in total. The van der Waals surface area contributed by atoms with Crippen LogP contribution < -0.4 is 5.32 Å². The van der Waals surface area contributed by atoms with Gasteiger partial charge in [-0.3, -0.25) is 14.8 Å². The third-order valence-electron chi connectivity index (χ3n) is 5.05. The van der Waals surface area contributed by atoms with Crippen LogP contribution in [0.5, 0.6) is 0 Å². The summed E-state index contributed by atoms with van der Waals surface area (Å²) in [6, 6.07) is 7.53. The maximum atomic E-state index is 12.7. The highest BCUT2D eigenvalue weighted by Crippen LogP contribution is 2.22. The van der Waals surface area contributed by atoms with E-state index in [1.54, 1.807) is 17.8 Å². The van der Waals surface area contributed by atoms with Crippen LogP contribution >= 0.6 is 0 Å². The Kier molecular flexibility index (Phi) is 5.39. The number of nitrogens with one attached hydrogen (secondary N) is 1. The van der Waals surface area contributed by atoms with E-state index in [4.69, 9.17) is 4.42 Å². The summed E-state index contributed by atoms with van der Waals surface area (Å²) in [5.74, 6) is -0.290. The second kappa shape index (κ2) is 8.00. The molecule has 0 saturated carbocycles. The molecule has 1 aromatic carbocycles. The Morgan fingerprint density at radius 1 is 1.10 bits per heavy atom. The molecular weight excluding hydrogens is 408 g/mol. The molecule has 0 spiro atoms. The van der Waals surface area contributed by atoms with E-state index < -0.39 is 15.9 Å². The average molecular weight is 430 g/mol. The Hall–Kier alpha value is -3.05. The van der Waals surface area contributed by atoms with Crippen LogP contribution in [0.4, 0.5) is 6.01 Å². The normalized spacial score (nSPS) is 15.3. The molecule has 3 aromatic rings. The van der Waals surface area contributed by atoms with Crippen molar-refractivity contribution in [2.75, 3.05) is 18.4 Å². The minimum Gasteiger partial charge on any atom is -0.401 e.